The van der Waals surface area contributed by atoms with Crippen LogP contribution in [0.2, 0.25) is 0 Å². The molecule has 5 nitrogen and oxygen atoms in total. The van der Waals surface area contributed by atoms with Gasteiger partial charge in [0.15, 0.2) is 0 Å². The van der Waals surface area contributed by atoms with Crippen LogP contribution in [-0.2, 0) is 10.2 Å². The van der Waals surface area contributed by atoms with Crippen molar-refractivity contribution < 1.29 is 4.74 Å². The summed E-state index contributed by atoms with van der Waals surface area (Å²) in [5.74, 6) is 2.62. The molecule has 5 heteroatoms. The number of nitrogens with one attached hydrogen (secondary N) is 1. The summed E-state index contributed by atoms with van der Waals surface area (Å²) in [6.07, 6.45) is 1.10. The Labute approximate surface area is 115 Å². The predicted octanol–water partition coefficient (Wildman–Crippen LogP) is 2.19. The second-order valence-electron chi connectivity index (χ2n) is 6.31. The van der Waals surface area contributed by atoms with Gasteiger partial charge in [0.1, 0.15) is 17.5 Å². The molecule has 2 heterocycles. The van der Waals surface area contributed by atoms with Crippen molar-refractivity contribution in [3.05, 3.63) is 11.9 Å². The molecule has 1 aliphatic heterocycles. The SMILES string of the molecule is CC(Nc1cc(N)nc(C(C)(C)C)n1)C1CCOC1. The number of anilines is 2. The van der Waals surface area contributed by atoms with E-state index in [1.165, 1.54) is 0 Å². The van der Waals surface area contributed by atoms with Gasteiger partial charge in [0, 0.05) is 30.0 Å². The van der Waals surface area contributed by atoms with Gasteiger partial charge in [-0.1, -0.05) is 20.8 Å². The summed E-state index contributed by atoms with van der Waals surface area (Å²) in [5, 5.41) is 3.43. The Morgan fingerprint density at radius 2 is 2.16 bits per heavy atom. The first kappa shape index (κ1) is 14.1. The molecule has 2 atom stereocenters. The van der Waals surface area contributed by atoms with Crippen molar-refractivity contribution in [2.45, 2.75) is 45.6 Å². The van der Waals surface area contributed by atoms with Crippen LogP contribution in [0, 0.1) is 5.92 Å². The molecule has 106 valence electrons. The highest BCUT2D eigenvalue weighted by molar-refractivity contribution is 5.46. The highest BCUT2D eigenvalue weighted by Gasteiger charge is 2.23. The van der Waals surface area contributed by atoms with E-state index in [0.29, 0.717) is 17.8 Å². The van der Waals surface area contributed by atoms with Crippen LogP contribution in [0.25, 0.3) is 0 Å². The van der Waals surface area contributed by atoms with Crippen molar-refractivity contribution in [3.8, 4) is 0 Å². The third-order valence-corrected chi connectivity index (χ3v) is 3.46. The van der Waals surface area contributed by atoms with Gasteiger partial charge >= 0.3 is 0 Å². The number of nitrogen functional groups attached to an aromatic ring is 1. The molecule has 3 N–H and O–H groups in total. The molecule has 0 amide bonds. The molecule has 0 aromatic carbocycles. The van der Waals surface area contributed by atoms with Crippen molar-refractivity contribution in [1.29, 1.82) is 0 Å². The quantitative estimate of drug-likeness (QED) is 0.875. The first-order valence-electron chi connectivity index (χ1n) is 6.85. The van der Waals surface area contributed by atoms with Gasteiger partial charge in [-0.3, -0.25) is 0 Å². The van der Waals surface area contributed by atoms with Crippen LogP contribution in [0.4, 0.5) is 11.6 Å². The summed E-state index contributed by atoms with van der Waals surface area (Å²) < 4.78 is 5.42. The maximum atomic E-state index is 5.87. The third-order valence-electron chi connectivity index (χ3n) is 3.46. The lowest BCUT2D eigenvalue weighted by molar-refractivity contribution is 0.183. The van der Waals surface area contributed by atoms with Crippen molar-refractivity contribution in [2.75, 3.05) is 24.3 Å². The summed E-state index contributed by atoms with van der Waals surface area (Å²) in [6, 6.07) is 2.12. The van der Waals surface area contributed by atoms with Gasteiger partial charge in [0.2, 0.25) is 0 Å². The zero-order chi connectivity index (χ0) is 14.0. The molecular weight excluding hydrogens is 240 g/mol. The molecule has 0 bridgehead atoms. The molecule has 1 aromatic heterocycles. The van der Waals surface area contributed by atoms with Gasteiger partial charge in [-0.15, -0.1) is 0 Å². The Morgan fingerprint density at radius 3 is 2.74 bits per heavy atom. The van der Waals surface area contributed by atoms with Gasteiger partial charge in [0.05, 0.1) is 6.61 Å². The van der Waals surface area contributed by atoms with E-state index < -0.39 is 0 Å². The maximum absolute atomic E-state index is 5.87. The molecule has 19 heavy (non-hydrogen) atoms. The number of ether oxygens (including phenoxy) is 1. The highest BCUT2D eigenvalue weighted by atomic mass is 16.5. The number of nitrogens with two attached hydrogens (primary N) is 1. The van der Waals surface area contributed by atoms with E-state index >= 15 is 0 Å². The first-order chi connectivity index (χ1) is 8.86. The minimum atomic E-state index is -0.106. The van der Waals surface area contributed by atoms with E-state index in [-0.39, 0.29) is 5.41 Å². The molecule has 1 aliphatic rings. The van der Waals surface area contributed by atoms with Crippen LogP contribution < -0.4 is 11.1 Å². The second-order valence-corrected chi connectivity index (χ2v) is 6.31. The number of aromatic nitrogens is 2. The lowest BCUT2D eigenvalue weighted by atomic mass is 9.95. The van der Waals surface area contributed by atoms with Crippen molar-refractivity contribution >= 4 is 11.6 Å². The van der Waals surface area contributed by atoms with E-state index in [0.717, 1.165) is 31.3 Å². The monoisotopic (exact) mass is 264 g/mol. The molecule has 1 aromatic rings. The molecule has 2 unspecified atom stereocenters. The number of rotatable bonds is 3. The molecule has 0 spiro atoms. The average molecular weight is 264 g/mol. The van der Waals surface area contributed by atoms with E-state index in [1.807, 2.05) is 0 Å². The third kappa shape index (κ3) is 3.56. The molecule has 0 radical (unpaired) electrons. The average Bonchev–Trinajstić information content (AvgIpc) is 2.80. The van der Waals surface area contributed by atoms with Crippen LogP contribution in [0.1, 0.15) is 39.9 Å². The maximum Gasteiger partial charge on any atom is 0.138 e. The molecule has 2 rings (SSSR count). The van der Waals surface area contributed by atoms with Gasteiger partial charge in [-0.25, -0.2) is 9.97 Å². The molecule has 0 saturated carbocycles. The smallest absolute Gasteiger partial charge is 0.138 e. The Balaban J connectivity index is 2.13. The van der Waals surface area contributed by atoms with E-state index in [2.05, 4.69) is 43.0 Å². The standard InChI is InChI=1S/C14H24N4O/c1-9(10-5-6-19-8-10)16-12-7-11(15)17-13(18-12)14(2,3)4/h7,9-10H,5-6,8H2,1-4H3,(H3,15,16,17,18). The Hall–Kier alpha value is -1.36. The highest BCUT2D eigenvalue weighted by Crippen LogP contribution is 2.23. The van der Waals surface area contributed by atoms with Crippen LogP contribution in [0.5, 0.6) is 0 Å². The van der Waals surface area contributed by atoms with E-state index in [9.17, 15) is 0 Å². The zero-order valence-electron chi connectivity index (χ0n) is 12.2. The lowest BCUT2D eigenvalue weighted by Crippen LogP contribution is -2.27. The Morgan fingerprint density at radius 1 is 1.42 bits per heavy atom. The predicted molar refractivity (Wildman–Crippen MR) is 77.2 cm³/mol. The topological polar surface area (TPSA) is 73.1 Å². The van der Waals surface area contributed by atoms with Gasteiger partial charge < -0.3 is 15.8 Å². The minimum absolute atomic E-state index is 0.106. The fraction of sp³-hybridized carbons (Fsp3) is 0.714. The number of hydrogen-bond acceptors (Lipinski definition) is 5. The second kappa shape index (κ2) is 5.33. The molecular formula is C14H24N4O. The number of nitrogens with zero attached hydrogens (tertiary/aromatic N) is 2. The summed E-state index contributed by atoms with van der Waals surface area (Å²) in [4.78, 5) is 8.89. The van der Waals surface area contributed by atoms with Crippen LogP contribution in [0.3, 0.4) is 0 Å². The fourth-order valence-corrected chi connectivity index (χ4v) is 2.17. The van der Waals surface area contributed by atoms with Crippen molar-refractivity contribution in [2.24, 2.45) is 5.92 Å². The first-order valence-corrected chi connectivity index (χ1v) is 6.85. The van der Waals surface area contributed by atoms with Crippen LogP contribution in [0.15, 0.2) is 6.07 Å². The lowest BCUT2D eigenvalue weighted by Gasteiger charge is -2.22. The minimum Gasteiger partial charge on any atom is -0.384 e. The van der Waals surface area contributed by atoms with Gasteiger partial charge in [-0.2, -0.15) is 0 Å². The zero-order valence-corrected chi connectivity index (χ0v) is 12.2. The summed E-state index contributed by atoms with van der Waals surface area (Å²) >= 11 is 0. The van der Waals surface area contributed by atoms with Crippen LogP contribution >= 0.6 is 0 Å². The molecule has 1 fully saturated rings. The Kier molecular flexibility index (Phi) is 3.94. The van der Waals surface area contributed by atoms with Gasteiger partial charge in [0.25, 0.3) is 0 Å². The van der Waals surface area contributed by atoms with Crippen molar-refractivity contribution in [3.63, 3.8) is 0 Å². The molecule has 0 aliphatic carbocycles. The number of hydrogen-bond donors (Lipinski definition) is 2. The normalized spacial score (nSPS) is 21.4. The van der Waals surface area contributed by atoms with Gasteiger partial charge in [-0.05, 0) is 13.3 Å². The van der Waals surface area contributed by atoms with Crippen LogP contribution in [-0.4, -0.2) is 29.2 Å². The summed E-state index contributed by atoms with van der Waals surface area (Å²) in [6.45, 7) is 10.1. The Bertz CT molecular complexity index is 436. The largest absolute Gasteiger partial charge is 0.384 e. The molecule has 1 saturated heterocycles. The van der Waals surface area contributed by atoms with Crippen molar-refractivity contribution in [1.82, 2.24) is 9.97 Å². The van der Waals surface area contributed by atoms with E-state index in [1.54, 1.807) is 6.07 Å². The summed E-state index contributed by atoms with van der Waals surface area (Å²) in [7, 11) is 0. The van der Waals surface area contributed by atoms with E-state index in [4.69, 9.17) is 10.5 Å². The summed E-state index contributed by atoms with van der Waals surface area (Å²) in [5.41, 5.74) is 5.76. The fourth-order valence-electron chi connectivity index (χ4n) is 2.17.